The van der Waals surface area contributed by atoms with Crippen LogP contribution in [0.1, 0.15) is 5.56 Å². The average molecular weight is 460 g/mol. The van der Waals surface area contributed by atoms with Gasteiger partial charge in [-0.2, -0.15) is 0 Å². The molecule has 1 aromatic heterocycles. The van der Waals surface area contributed by atoms with Gasteiger partial charge in [0.1, 0.15) is 11.3 Å². The molecule has 4 rings (SSSR count). The molecule has 9 heteroatoms. The van der Waals surface area contributed by atoms with Gasteiger partial charge in [-0.05, 0) is 30.7 Å². The molecule has 170 valence electrons. The van der Waals surface area contributed by atoms with Crippen LogP contribution in [0.5, 0.6) is 11.5 Å². The Labute approximate surface area is 190 Å². The molecule has 3 aromatic rings. The maximum absolute atomic E-state index is 13.9. The average Bonchev–Trinajstić information content (AvgIpc) is 3.26. The zero-order valence-corrected chi connectivity index (χ0v) is 19.0. The number of fused-ring (bicyclic) bond motifs is 1. The molecule has 1 amide bonds. The minimum absolute atomic E-state index is 0.0517. The third-order valence-electron chi connectivity index (χ3n) is 5.38. The molecule has 0 bridgehead atoms. The van der Waals surface area contributed by atoms with E-state index in [1.165, 1.54) is 23.5 Å². The lowest BCUT2D eigenvalue weighted by atomic mass is 10.2. The smallest absolute Gasteiger partial charge is 0.266 e. The van der Waals surface area contributed by atoms with Gasteiger partial charge in [0.05, 0.1) is 25.0 Å². The first-order valence-electron chi connectivity index (χ1n) is 10.5. The van der Waals surface area contributed by atoms with Crippen molar-refractivity contribution in [2.45, 2.75) is 6.92 Å². The van der Waals surface area contributed by atoms with Gasteiger partial charge < -0.3 is 14.2 Å². The quantitative estimate of drug-likeness (QED) is 0.514. The summed E-state index contributed by atoms with van der Waals surface area (Å²) in [5, 5.41) is 0.572. The lowest BCUT2D eigenvalue weighted by molar-refractivity contribution is -0.120. The van der Waals surface area contributed by atoms with E-state index in [1.807, 2.05) is 19.1 Å². The number of hydrogen-bond donors (Lipinski definition) is 0. The number of hydrogen-bond acceptors (Lipinski definition) is 7. The van der Waals surface area contributed by atoms with E-state index < -0.39 is 5.82 Å². The molecule has 0 aliphatic carbocycles. The molecule has 0 N–H and O–H groups in total. The third-order valence-corrected chi connectivity index (χ3v) is 6.59. The highest BCUT2D eigenvalue weighted by molar-refractivity contribution is 7.22. The first kappa shape index (κ1) is 22.4. The number of ether oxygens (including phenoxy) is 3. The van der Waals surface area contributed by atoms with E-state index in [0.29, 0.717) is 37.2 Å². The van der Waals surface area contributed by atoms with Crippen molar-refractivity contribution in [3.05, 3.63) is 47.8 Å². The number of nitrogens with zero attached hydrogens (tertiary/aromatic N) is 3. The molecule has 1 aliphatic heterocycles. The van der Waals surface area contributed by atoms with Crippen LogP contribution >= 0.6 is 11.3 Å². The molecular formula is C23H26FN3O4S. The predicted molar refractivity (Wildman–Crippen MR) is 122 cm³/mol. The summed E-state index contributed by atoms with van der Waals surface area (Å²) in [6.45, 7) is 5.85. The van der Waals surface area contributed by atoms with Gasteiger partial charge in [0, 0.05) is 26.2 Å². The normalized spacial score (nSPS) is 14.5. The van der Waals surface area contributed by atoms with E-state index in [-0.39, 0.29) is 18.3 Å². The van der Waals surface area contributed by atoms with Crippen molar-refractivity contribution in [1.82, 2.24) is 9.88 Å². The van der Waals surface area contributed by atoms with Crippen molar-refractivity contribution < 1.29 is 23.4 Å². The summed E-state index contributed by atoms with van der Waals surface area (Å²) in [6.07, 6.45) is 0. The van der Waals surface area contributed by atoms with Gasteiger partial charge in [-0.1, -0.05) is 29.5 Å². The number of para-hydroxylation sites is 1. The summed E-state index contributed by atoms with van der Waals surface area (Å²) in [4.78, 5) is 21.8. The molecule has 1 saturated heterocycles. The standard InChI is InChI=1S/C23H26FN3O4S/c1-16-7-8-19(29-2)21-22(16)32-23(25-21)27(10-9-26-11-13-30-14-12-26)20(28)15-31-18-6-4-3-5-17(18)24/h3-8H,9-15H2,1-2H3. The number of aryl methyl sites for hydroxylation is 1. The summed E-state index contributed by atoms with van der Waals surface area (Å²) in [5.41, 5.74) is 1.79. The molecule has 0 radical (unpaired) electrons. The highest BCUT2D eigenvalue weighted by Gasteiger charge is 2.24. The van der Waals surface area contributed by atoms with E-state index in [2.05, 4.69) is 4.90 Å². The summed E-state index contributed by atoms with van der Waals surface area (Å²) in [5.74, 6) is -0.0650. The number of carbonyl (C=O) groups is 1. The first-order valence-corrected chi connectivity index (χ1v) is 11.3. The molecule has 0 atom stereocenters. The minimum atomic E-state index is -0.500. The van der Waals surface area contributed by atoms with E-state index in [4.69, 9.17) is 19.2 Å². The molecule has 2 heterocycles. The number of methoxy groups -OCH3 is 1. The van der Waals surface area contributed by atoms with E-state index in [9.17, 15) is 9.18 Å². The monoisotopic (exact) mass is 459 g/mol. The Morgan fingerprint density at radius 3 is 2.75 bits per heavy atom. The topological polar surface area (TPSA) is 64.1 Å². The molecule has 0 saturated carbocycles. The van der Waals surface area contributed by atoms with E-state index in [0.717, 1.165) is 28.9 Å². The highest BCUT2D eigenvalue weighted by Crippen LogP contribution is 2.36. The van der Waals surface area contributed by atoms with Crippen LogP contribution in [0.4, 0.5) is 9.52 Å². The Balaban J connectivity index is 1.58. The number of anilines is 1. The van der Waals surface area contributed by atoms with Gasteiger partial charge in [0.25, 0.3) is 5.91 Å². The summed E-state index contributed by atoms with van der Waals surface area (Å²) < 4.78 is 31.3. The number of carbonyl (C=O) groups excluding carboxylic acids is 1. The molecule has 2 aromatic carbocycles. The van der Waals surface area contributed by atoms with E-state index >= 15 is 0 Å². The molecule has 0 unspecified atom stereocenters. The van der Waals surface area contributed by atoms with Crippen molar-refractivity contribution in [2.24, 2.45) is 0 Å². The fourth-order valence-electron chi connectivity index (χ4n) is 3.55. The van der Waals surface area contributed by atoms with Crippen LogP contribution in [0.15, 0.2) is 36.4 Å². The minimum Gasteiger partial charge on any atom is -0.494 e. The van der Waals surface area contributed by atoms with Crippen LogP contribution in [0.2, 0.25) is 0 Å². The maximum atomic E-state index is 13.9. The summed E-state index contributed by atoms with van der Waals surface area (Å²) in [6, 6.07) is 9.91. The molecule has 1 aliphatic rings. The number of amides is 1. The second-order valence-corrected chi connectivity index (χ2v) is 8.45. The zero-order chi connectivity index (χ0) is 22.5. The van der Waals surface area contributed by atoms with Gasteiger partial charge in [-0.25, -0.2) is 9.37 Å². The van der Waals surface area contributed by atoms with Gasteiger partial charge in [-0.3, -0.25) is 14.6 Å². The molecule has 0 spiro atoms. The Morgan fingerprint density at radius 2 is 2.00 bits per heavy atom. The Bertz CT molecular complexity index is 1080. The number of aromatic nitrogens is 1. The van der Waals surface area contributed by atoms with Crippen molar-refractivity contribution in [3.63, 3.8) is 0 Å². The third kappa shape index (κ3) is 5.01. The van der Waals surface area contributed by atoms with Gasteiger partial charge in [0.2, 0.25) is 0 Å². The fraction of sp³-hybridized carbons (Fsp3) is 0.391. The van der Waals surface area contributed by atoms with Crippen LogP contribution in [-0.4, -0.2) is 68.9 Å². The van der Waals surface area contributed by atoms with Crippen LogP contribution in [0, 0.1) is 12.7 Å². The van der Waals surface area contributed by atoms with Crippen molar-refractivity contribution in [3.8, 4) is 11.5 Å². The zero-order valence-electron chi connectivity index (χ0n) is 18.2. The molecule has 1 fully saturated rings. The Kier molecular flexibility index (Phi) is 7.19. The van der Waals surface area contributed by atoms with Crippen LogP contribution in [0.3, 0.4) is 0 Å². The number of halogens is 1. The van der Waals surface area contributed by atoms with Gasteiger partial charge in [-0.15, -0.1) is 0 Å². The largest absolute Gasteiger partial charge is 0.494 e. The van der Waals surface area contributed by atoms with Crippen LogP contribution < -0.4 is 14.4 Å². The number of benzene rings is 2. The van der Waals surface area contributed by atoms with Gasteiger partial charge in [0.15, 0.2) is 23.3 Å². The SMILES string of the molecule is COc1ccc(C)c2sc(N(CCN3CCOCC3)C(=O)COc3ccccc3F)nc12. The molecular weight excluding hydrogens is 433 g/mol. The predicted octanol–water partition coefficient (Wildman–Crippen LogP) is 3.50. The number of morpholine rings is 1. The van der Waals surface area contributed by atoms with E-state index in [1.54, 1.807) is 24.1 Å². The number of thiazole rings is 1. The summed E-state index contributed by atoms with van der Waals surface area (Å²) in [7, 11) is 1.60. The Hall–Kier alpha value is -2.75. The summed E-state index contributed by atoms with van der Waals surface area (Å²) >= 11 is 1.44. The Morgan fingerprint density at radius 1 is 1.22 bits per heavy atom. The lowest BCUT2D eigenvalue weighted by Gasteiger charge is -2.29. The van der Waals surface area contributed by atoms with Crippen molar-refractivity contribution in [1.29, 1.82) is 0 Å². The molecule has 7 nitrogen and oxygen atoms in total. The van der Waals surface area contributed by atoms with Crippen molar-refractivity contribution in [2.75, 3.05) is 58.0 Å². The second-order valence-electron chi connectivity index (χ2n) is 7.48. The fourth-order valence-corrected chi connectivity index (χ4v) is 4.65. The molecule has 32 heavy (non-hydrogen) atoms. The van der Waals surface area contributed by atoms with Crippen molar-refractivity contribution >= 4 is 32.6 Å². The van der Waals surface area contributed by atoms with Crippen LogP contribution in [0.25, 0.3) is 10.2 Å². The number of rotatable bonds is 8. The van der Waals surface area contributed by atoms with Crippen LogP contribution in [-0.2, 0) is 9.53 Å². The highest BCUT2D eigenvalue weighted by atomic mass is 32.1. The lowest BCUT2D eigenvalue weighted by Crippen LogP contribution is -2.44. The second kappa shape index (κ2) is 10.2. The maximum Gasteiger partial charge on any atom is 0.266 e. The van der Waals surface area contributed by atoms with Gasteiger partial charge >= 0.3 is 0 Å². The first-order chi connectivity index (χ1) is 15.6.